The summed E-state index contributed by atoms with van der Waals surface area (Å²) in [6.07, 6.45) is 0.763. The maximum atomic E-state index is 5.72. The van der Waals surface area contributed by atoms with Gasteiger partial charge >= 0.3 is 0 Å². The van der Waals surface area contributed by atoms with E-state index < -0.39 is 0 Å². The summed E-state index contributed by atoms with van der Waals surface area (Å²) >= 11 is 0. The number of nitrogen functional groups attached to an aromatic ring is 1. The molecule has 18 heavy (non-hydrogen) atoms. The van der Waals surface area contributed by atoms with Gasteiger partial charge in [-0.15, -0.1) is 15.3 Å². The Bertz CT molecular complexity index is 536. The van der Waals surface area contributed by atoms with E-state index in [4.69, 9.17) is 10.2 Å². The molecule has 0 aliphatic rings. The van der Waals surface area contributed by atoms with Crippen molar-refractivity contribution < 1.29 is 4.42 Å². The zero-order chi connectivity index (χ0) is 13.3. The maximum Gasteiger partial charge on any atom is 0.238 e. The third-order valence-corrected chi connectivity index (χ3v) is 2.60. The fourth-order valence-corrected chi connectivity index (χ4v) is 1.59. The molecule has 0 spiro atoms. The molecule has 0 saturated carbocycles. The van der Waals surface area contributed by atoms with Crippen molar-refractivity contribution >= 4 is 5.82 Å². The Morgan fingerprint density at radius 1 is 1.22 bits per heavy atom. The number of nitrogens with two attached hydrogens (primary N) is 1. The second kappa shape index (κ2) is 4.40. The zero-order valence-corrected chi connectivity index (χ0v) is 11.1. The van der Waals surface area contributed by atoms with Gasteiger partial charge in [0.05, 0.1) is 5.69 Å². The van der Waals surface area contributed by atoms with E-state index >= 15 is 0 Å². The second-order valence-corrected chi connectivity index (χ2v) is 5.18. The van der Waals surface area contributed by atoms with Crippen LogP contribution in [0.25, 0.3) is 0 Å². The van der Waals surface area contributed by atoms with Crippen LogP contribution in [-0.4, -0.2) is 25.2 Å². The Kier molecular flexibility index (Phi) is 3.06. The van der Waals surface area contributed by atoms with Crippen LogP contribution in [0.1, 0.15) is 45.2 Å². The van der Waals surface area contributed by atoms with E-state index in [0.29, 0.717) is 24.1 Å². The molecule has 2 rings (SSSR count). The molecule has 0 aliphatic heterocycles. The molecular weight excluding hydrogens is 232 g/mol. The molecular formula is C11H18N6O. The minimum absolute atomic E-state index is 0.153. The van der Waals surface area contributed by atoms with Gasteiger partial charge in [0, 0.05) is 5.41 Å². The predicted octanol–water partition coefficient (Wildman–Crippen LogP) is 1.15. The van der Waals surface area contributed by atoms with Gasteiger partial charge in [-0.1, -0.05) is 32.9 Å². The summed E-state index contributed by atoms with van der Waals surface area (Å²) in [7, 11) is 0. The molecule has 2 N–H and O–H groups in total. The van der Waals surface area contributed by atoms with Crippen molar-refractivity contribution in [3.05, 3.63) is 17.5 Å². The molecule has 0 saturated heterocycles. The maximum absolute atomic E-state index is 5.72. The van der Waals surface area contributed by atoms with Crippen LogP contribution in [0.4, 0.5) is 5.82 Å². The number of aromatic nitrogens is 5. The smallest absolute Gasteiger partial charge is 0.238 e. The molecule has 0 bridgehead atoms. The number of hydrogen-bond donors (Lipinski definition) is 1. The van der Waals surface area contributed by atoms with E-state index in [1.54, 1.807) is 4.68 Å². The van der Waals surface area contributed by atoms with Crippen LogP contribution in [0.3, 0.4) is 0 Å². The fraction of sp³-hybridized carbons (Fsp3) is 0.636. The van der Waals surface area contributed by atoms with Crippen LogP contribution in [0.5, 0.6) is 0 Å². The van der Waals surface area contributed by atoms with E-state index in [0.717, 1.165) is 12.1 Å². The summed E-state index contributed by atoms with van der Waals surface area (Å²) in [6.45, 7) is 8.47. The van der Waals surface area contributed by atoms with Crippen molar-refractivity contribution in [2.45, 2.75) is 46.1 Å². The van der Waals surface area contributed by atoms with Crippen molar-refractivity contribution in [3.63, 3.8) is 0 Å². The zero-order valence-electron chi connectivity index (χ0n) is 11.1. The molecule has 2 aromatic rings. The van der Waals surface area contributed by atoms with Crippen molar-refractivity contribution in [2.24, 2.45) is 0 Å². The molecule has 0 fully saturated rings. The first-order valence-corrected chi connectivity index (χ1v) is 5.92. The highest BCUT2D eigenvalue weighted by molar-refractivity contribution is 5.32. The van der Waals surface area contributed by atoms with Gasteiger partial charge in [0.2, 0.25) is 11.8 Å². The minimum Gasteiger partial charge on any atom is -0.423 e. The predicted molar refractivity (Wildman–Crippen MR) is 65.9 cm³/mol. The lowest BCUT2D eigenvalue weighted by atomic mass is 9.97. The molecule has 0 aliphatic carbocycles. The molecule has 0 aromatic carbocycles. The quantitative estimate of drug-likeness (QED) is 0.877. The largest absolute Gasteiger partial charge is 0.423 e. The normalized spacial score (nSPS) is 12.0. The van der Waals surface area contributed by atoms with Crippen LogP contribution >= 0.6 is 0 Å². The van der Waals surface area contributed by atoms with Gasteiger partial charge < -0.3 is 10.2 Å². The fourth-order valence-electron chi connectivity index (χ4n) is 1.59. The second-order valence-electron chi connectivity index (χ2n) is 5.18. The van der Waals surface area contributed by atoms with Gasteiger partial charge in [0.25, 0.3) is 0 Å². The molecule has 0 unspecified atom stereocenters. The van der Waals surface area contributed by atoms with Gasteiger partial charge in [0.15, 0.2) is 5.82 Å². The highest BCUT2D eigenvalue weighted by atomic mass is 16.4. The SMILES string of the molecule is CCc1c(N)nnn1Cc1nnc(C(C)(C)C)o1. The lowest BCUT2D eigenvalue weighted by Gasteiger charge is -2.11. The Balaban J connectivity index is 2.21. The van der Waals surface area contributed by atoms with E-state index in [2.05, 4.69) is 20.5 Å². The molecule has 7 heteroatoms. The summed E-state index contributed by atoms with van der Waals surface area (Å²) < 4.78 is 7.30. The third-order valence-electron chi connectivity index (χ3n) is 2.60. The average Bonchev–Trinajstić information content (AvgIpc) is 2.86. The number of nitrogens with zero attached hydrogens (tertiary/aromatic N) is 5. The lowest BCUT2D eigenvalue weighted by Crippen LogP contribution is -2.11. The summed E-state index contributed by atoms with van der Waals surface area (Å²) in [6, 6.07) is 0. The molecule has 0 atom stereocenters. The van der Waals surface area contributed by atoms with E-state index in [1.807, 2.05) is 27.7 Å². The molecule has 98 valence electrons. The van der Waals surface area contributed by atoms with Gasteiger partial charge in [0.1, 0.15) is 6.54 Å². The van der Waals surface area contributed by atoms with Crippen LogP contribution < -0.4 is 5.73 Å². The monoisotopic (exact) mass is 250 g/mol. The first-order chi connectivity index (χ1) is 8.41. The van der Waals surface area contributed by atoms with Crippen molar-refractivity contribution in [2.75, 3.05) is 5.73 Å². The van der Waals surface area contributed by atoms with Gasteiger partial charge in [-0.25, -0.2) is 4.68 Å². The molecule has 0 radical (unpaired) electrons. The standard InChI is InChI=1S/C11H18N6O/c1-5-7-9(12)14-16-17(7)6-8-13-15-10(18-8)11(2,3)4/h5-6,12H2,1-4H3. The summed E-state index contributed by atoms with van der Waals surface area (Å²) in [5, 5.41) is 15.9. The molecule has 0 amide bonds. The van der Waals surface area contributed by atoms with Gasteiger partial charge in [-0.05, 0) is 6.42 Å². The van der Waals surface area contributed by atoms with Crippen molar-refractivity contribution in [1.29, 1.82) is 0 Å². The third kappa shape index (κ3) is 2.34. The Hall–Kier alpha value is -1.92. The number of anilines is 1. The van der Waals surface area contributed by atoms with Crippen molar-refractivity contribution in [3.8, 4) is 0 Å². The highest BCUT2D eigenvalue weighted by Crippen LogP contribution is 2.20. The van der Waals surface area contributed by atoms with Gasteiger partial charge in [-0.2, -0.15) is 0 Å². The topological polar surface area (TPSA) is 95.7 Å². The van der Waals surface area contributed by atoms with Crippen LogP contribution in [0, 0.1) is 0 Å². The minimum atomic E-state index is -0.153. The van der Waals surface area contributed by atoms with E-state index in [1.165, 1.54) is 0 Å². The Morgan fingerprint density at radius 2 is 1.94 bits per heavy atom. The van der Waals surface area contributed by atoms with E-state index in [9.17, 15) is 0 Å². The molecule has 2 heterocycles. The first kappa shape index (κ1) is 12.5. The van der Waals surface area contributed by atoms with Crippen LogP contribution in [-0.2, 0) is 18.4 Å². The Morgan fingerprint density at radius 3 is 2.50 bits per heavy atom. The average molecular weight is 250 g/mol. The van der Waals surface area contributed by atoms with Crippen molar-refractivity contribution in [1.82, 2.24) is 25.2 Å². The van der Waals surface area contributed by atoms with E-state index in [-0.39, 0.29) is 5.41 Å². The molecule has 2 aromatic heterocycles. The van der Waals surface area contributed by atoms with Crippen LogP contribution in [0.15, 0.2) is 4.42 Å². The summed E-state index contributed by atoms with van der Waals surface area (Å²) in [5.74, 6) is 1.58. The summed E-state index contributed by atoms with van der Waals surface area (Å²) in [4.78, 5) is 0. The lowest BCUT2D eigenvalue weighted by molar-refractivity contribution is 0.361. The highest BCUT2D eigenvalue weighted by Gasteiger charge is 2.22. The first-order valence-electron chi connectivity index (χ1n) is 5.92. The summed E-state index contributed by atoms with van der Waals surface area (Å²) in [5.41, 5.74) is 6.45. The molecule has 7 nitrogen and oxygen atoms in total. The number of rotatable bonds is 3. The Labute approximate surface area is 105 Å². The number of hydrogen-bond acceptors (Lipinski definition) is 6. The van der Waals surface area contributed by atoms with Crippen LogP contribution in [0.2, 0.25) is 0 Å². The van der Waals surface area contributed by atoms with Gasteiger partial charge in [-0.3, -0.25) is 0 Å².